The minimum absolute atomic E-state index is 0.823. The molecule has 0 aromatic rings. The van der Waals surface area contributed by atoms with Crippen LogP contribution in [0.15, 0.2) is 12.2 Å². The van der Waals surface area contributed by atoms with Gasteiger partial charge in [0.1, 0.15) is 0 Å². The molecule has 0 nitrogen and oxygen atoms in total. The summed E-state index contributed by atoms with van der Waals surface area (Å²) in [5.74, 6) is 0. The van der Waals surface area contributed by atoms with Crippen LogP contribution < -0.4 is 0 Å². The maximum absolute atomic E-state index is 4.57. The van der Waals surface area contributed by atoms with Crippen molar-refractivity contribution in [2.24, 2.45) is 0 Å². The lowest BCUT2D eigenvalue weighted by atomic mass is 10.1. The number of hydrogen-bond donors (Lipinski definition) is 0. The van der Waals surface area contributed by atoms with Crippen molar-refractivity contribution in [3.05, 3.63) is 12.2 Å². The quantitative estimate of drug-likeness (QED) is 0.317. The number of unbranched alkanes of at least 4 members (excludes halogenated alkanes) is 4. The lowest BCUT2D eigenvalue weighted by Gasteiger charge is -1.93. The Morgan fingerprint density at radius 1 is 1.18 bits per heavy atom. The van der Waals surface area contributed by atoms with Crippen molar-refractivity contribution in [3.8, 4) is 0 Å². The maximum Gasteiger partial charge on any atom is 0.0332 e. The molecule has 0 aliphatic carbocycles. The normalized spacial score (nSPS) is 10.6. The first-order valence-electron chi connectivity index (χ1n) is 4.41. The van der Waals surface area contributed by atoms with Crippen LogP contribution in [0.4, 0.5) is 0 Å². The van der Waals surface area contributed by atoms with Gasteiger partial charge in [0.15, 0.2) is 0 Å². The van der Waals surface area contributed by atoms with Gasteiger partial charge in [-0.3, -0.25) is 0 Å². The van der Waals surface area contributed by atoms with Gasteiger partial charge in [-0.05, 0) is 12.8 Å². The van der Waals surface area contributed by atoms with E-state index in [0.717, 1.165) is 6.42 Å². The highest BCUT2D eigenvalue weighted by atomic mass is 32.1. The summed E-state index contributed by atoms with van der Waals surface area (Å²) in [5.41, 5.74) is 0. The summed E-state index contributed by atoms with van der Waals surface area (Å²) in [4.78, 5) is 0. The molecule has 0 aromatic heterocycles. The zero-order valence-electron chi connectivity index (χ0n) is 7.31. The second-order valence-corrected chi connectivity index (χ2v) is 2.96. The lowest BCUT2D eigenvalue weighted by molar-refractivity contribution is 0.674. The van der Waals surface area contributed by atoms with Gasteiger partial charge in [-0.15, -0.1) is 0 Å². The van der Waals surface area contributed by atoms with Crippen LogP contribution in [0, 0.1) is 0 Å². The molecular formula is C10H17S. The van der Waals surface area contributed by atoms with Crippen LogP contribution in [0.2, 0.25) is 0 Å². The molecule has 11 heavy (non-hydrogen) atoms. The molecule has 0 saturated carbocycles. The van der Waals surface area contributed by atoms with E-state index in [9.17, 15) is 0 Å². The molecule has 0 saturated heterocycles. The van der Waals surface area contributed by atoms with Crippen LogP contribution in [0.5, 0.6) is 0 Å². The van der Waals surface area contributed by atoms with E-state index in [1.807, 2.05) is 0 Å². The fourth-order valence-corrected chi connectivity index (χ4v) is 1.03. The summed E-state index contributed by atoms with van der Waals surface area (Å²) in [5, 5.41) is 2.67. The van der Waals surface area contributed by atoms with E-state index in [0.29, 0.717) is 0 Å². The average Bonchev–Trinajstić information content (AvgIpc) is 2.03. The van der Waals surface area contributed by atoms with Crippen LogP contribution in [0.3, 0.4) is 0 Å². The van der Waals surface area contributed by atoms with Gasteiger partial charge in [0.2, 0.25) is 0 Å². The molecule has 0 fully saturated rings. The van der Waals surface area contributed by atoms with Gasteiger partial charge in [-0.1, -0.05) is 50.6 Å². The van der Waals surface area contributed by atoms with E-state index in [4.69, 9.17) is 0 Å². The van der Waals surface area contributed by atoms with E-state index in [1.54, 1.807) is 0 Å². The SMILES string of the molecule is CCCCCCC=CC[C]=S. The monoisotopic (exact) mass is 169 g/mol. The van der Waals surface area contributed by atoms with Crippen molar-refractivity contribution in [2.75, 3.05) is 0 Å². The van der Waals surface area contributed by atoms with Gasteiger partial charge >= 0.3 is 0 Å². The minimum atomic E-state index is 0.823. The molecule has 0 bridgehead atoms. The first-order chi connectivity index (χ1) is 5.41. The number of allylic oxidation sites excluding steroid dienone is 2. The molecule has 0 amide bonds. The highest BCUT2D eigenvalue weighted by Gasteiger charge is 1.83. The third-order valence-electron chi connectivity index (χ3n) is 1.59. The molecule has 0 aliphatic heterocycles. The summed E-state index contributed by atoms with van der Waals surface area (Å²) in [6.07, 6.45) is 11.7. The molecule has 0 atom stereocenters. The Kier molecular flexibility index (Phi) is 9.68. The maximum atomic E-state index is 4.57. The highest BCUT2D eigenvalue weighted by molar-refractivity contribution is 7.78. The molecule has 0 N–H and O–H groups in total. The van der Waals surface area contributed by atoms with Crippen LogP contribution >= 0.6 is 12.2 Å². The lowest BCUT2D eigenvalue weighted by Crippen LogP contribution is -1.73. The predicted molar refractivity (Wildman–Crippen MR) is 55.1 cm³/mol. The number of hydrogen-bond acceptors (Lipinski definition) is 1. The Balaban J connectivity index is 2.94. The summed E-state index contributed by atoms with van der Waals surface area (Å²) in [6, 6.07) is 0. The fraction of sp³-hybridized carbons (Fsp3) is 0.700. The molecule has 0 aliphatic rings. The summed E-state index contributed by atoms with van der Waals surface area (Å²) in [6.45, 7) is 2.23. The first-order valence-corrected chi connectivity index (χ1v) is 4.82. The average molecular weight is 169 g/mol. The van der Waals surface area contributed by atoms with Crippen LogP contribution in [0.1, 0.15) is 45.4 Å². The molecule has 63 valence electrons. The Morgan fingerprint density at radius 3 is 2.64 bits per heavy atom. The Hall–Kier alpha value is -0.170. The van der Waals surface area contributed by atoms with Gasteiger partial charge in [-0.25, -0.2) is 0 Å². The van der Waals surface area contributed by atoms with Crippen molar-refractivity contribution in [2.45, 2.75) is 45.4 Å². The van der Waals surface area contributed by atoms with Crippen LogP contribution in [-0.2, 0) is 0 Å². The third-order valence-corrected chi connectivity index (χ3v) is 1.76. The first kappa shape index (κ1) is 10.8. The smallest absolute Gasteiger partial charge is 0.0332 e. The van der Waals surface area contributed by atoms with E-state index in [-0.39, 0.29) is 0 Å². The Bertz CT molecular complexity index is 105. The molecule has 0 aromatic carbocycles. The minimum Gasteiger partial charge on any atom is -0.0882 e. The van der Waals surface area contributed by atoms with Crippen LogP contribution in [0.25, 0.3) is 0 Å². The fourth-order valence-electron chi connectivity index (χ4n) is 0.938. The molecule has 1 radical (unpaired) electrons. The molecule has 1 heteroatoms. The standard InChI is InChI=1S/C10H17S/c1-2-3-4-5-6-7-8-9-10-11/h7-8H,2-6,9H2,1H3. The molecule has 0 spiro atoms. The van der Waals surface area contributed by atoms with E-state index in [2.05, 4.69) is 36.7 Å². The zero-order chi connectivity index (χ0) is 8.36. The van der Waals surface area contributed by atoms with Gasteiger partial charge in [0.05, 0.1) is 0 Å². The summed E-state index contributed by atoms with van der Waals surface area (Å²) in [7, 11) is 0. The number of thiocarbonyl (C=S) groups is 1. The largest absolute Gasteiger partial charge is 0.0882 e. The molecular weight excluding hydrogens is 152 g/mol. The number of rotatable bonds is 7. The van der Waals surface area contributed by atoms with Crippen molar-refractivity contribution >= 4 is 17.6 Å². The second kappa shape index (κ2) is 9.83. The second-order valence-electron chi connectivity index (χ2n) is 2.67. The van der Waals surface area contributed by atoms with Gasteiger partial charge in [-0.2, -0.15) is 0 Å². The molecule has 0 unspecified atom stereocenters. The molecule has 0 heterocycles. The van der Waals surface area contributed by atoms with Gasteiger partial charge < -0.3 is 0 Å². The van der Waals surface area contributed by atoms with Crippen LogP contribution in [-0.4, -0.2) is 5.37 Å². The Labute approximate surface area is 75.7 Å². The third kappa shape index (κ3) is 9.83. The van der Waals surface area contributed by atoms with Crippen molar-refractivity contribution < 1.29 is 0 Å². The van der Waals surface area contributed by atoms with Crippen molar-refractivity contribution in [1.29, 1.82) is 0 Å². The highest BCUT2D eigenvalue weighted by Crippen LogP contribution is 2.02. The zero-order valence-corrected chi connectivity index (χ0v) is 8.12. The van der Waals surface area contributed by atoms with Crippen molar-refractivity contribution in [1.82, 2.24) is 0 Å². The predicted octanol–water partition coefficient (Wildman–Crippen LogP) is 3.78. The van der Waals surface area contributed by atoms with Gasteiger partial charge in [0.25, 0.3) is 0 Å². The Morgan fingerprint density at radius 2 is 2.00 bits per heavy atom. The van der Waals surface area contributed by atoms with E-state index < -0.39 is 0 Å². The van der Waals surface area contributed by atoms with Gasteiger partial charge in [0, 0.05) is 11.8 Å². The van der Waals surface area contributed by atoms with E-state index in [1.165, 1.54) is 32.1 Å². The summed E-state index contributed by atoms with van der Waals surface area (Å²) < 4.78 is 0. The van der Waals surface area contributed by atoms with Crippen molar-refractivity contribution in [3.63, 3.8) is 0 Å². The topological polar surface area (TPSA) is 0 Å². The molecule has 0 rings (SSSR count). The van der Waals surface area contributed by atoms with E-state index >= 15 is 0 Å². The summed E-state index contributed by atoms with van der Waals surface area (Å²) >= 11 is 4.57.